The van der Waals surface area contributed by atoms with Gasteiger partial charge in [-0.05, 0) is 25.5 Å². The molecule has 0 spiro atoms. The molecular formula is C15H19N5. The second-order valence-electron chi connectivity index (χ2n) is 5.15. The summed E-state index contributed by atoms with van der Waals surface area (Å²) in [4.78, 5) is 4.82. The predicted molar refractivity (Wildman–Crippen MR) is 80.3 cm³/mol. The van der Waals surface area contributed by atoms with Crippen molar-refractivity contribution in [3.63, 3.8) is 0 Å². The number of hydrogen-bond acceptors (Lipinski definition) is 3. The first-order valence-corrected chi connectivity index (χ1v) is 6.69. The topological polar surface area (TPSA) is 61.7 Å². The third kappa shape index (κ3) is 1.67. The lowest BCUT2D eigenvalue weighted by molar-refractivity contribution is 0.731. The Morgan fingerprint density at radius 2 is 1.95 bits per heavy atom. The highest BCUT2D eigenvalue weighted by Crippen LogP contribution is 2.29. The van der Waals surface area contributed by atoms with Crippen LogP contribution in [0.1, 0.15) is 17.0 Å². The zero-order chi connectivity index (χ0) is 14.4. The van der Waals surface area contributed by atoms with Gasteiger partial charge in [-0.2, -0.15) is 5.10 Å². The molecule has 3 aromatic rings. The fourth-order valence-electron chi connectivity index (χ4n) is 2.76. The van der Waals surface area contributed by atoms with Crippen LogP contribution in [0.25, 0.3) is 22.4 Å². The van der Waals surface area contributed by atoms with Crippen molar-refractivity contribution in [3.8, 4) is 11.4 Å². The largest absolute Gasteiger partial charge is 0.327 e. The summed E-state index contributed by atoms with van der Waals surface area (Å²) in [5.74, 6) is 0.948. The number of imidazole rings is 1. The molecule has 2 aromatic heterocycles. The molecule has 0 saturated carbocycles. The van der Waals surface area contributed by atoms with E-state index in [1.165, 1.54) is 0 Å². The second-order valence-corrected chi connectivity index (χ2v) is 5.15. The number of aromatic nitrogens is 4. The van der Waals surface area contributed by atoms with Crippen LogP contribution in [0.15, 0.2) is 18.2 Å². The van der Waals surface area contributed by atoms with Crippen molar-refractivity contribution in [2.45, 2.75) is 20.4 Å². The van der Waals surface area contributed by atoms with Crippen molar-refractivity contribution >= 4 is 11.0 Å². The number of rotatable bonds is 2. The maximum atomic E-state index is 5.81. The average molecular weight is 269 g/mol. The van der Waals surface area contributed by atoms with Crippen LogP contribution in [0.5, 0.6) is 0 Å². The van der Waals surface area contributed by atoms with Crippen LogP contribution < -0.4 is 5.73 Å². The van der Waals surface area contributed by atoms with Gasteiger partial charge in [0.25, 0.3) is 0 Å². The molecule has 2 heterocycles. The zero-order valence-corrected chi connectivity index (χ0v) is 12.3. The Labute approximate surface area is 118 Å². The lowest BCUT2D eigenvalue weighted by Gasteiger charge is -2.03. The van der Waals surface area contributed by atoms with E-state index >= 15 is 0 Å². The normalized spacial score (nSPS) is 11.4. The van der Waals surface area contributed by atoms with E-state index in [9.17, 15) is 0 Å². The van der Waals surface area contributed by atoms with Crippen LogP contribution in [-0.4, -0.2) is 19.3 Å². The van der Waals surface area contributed by atoms with Gasteiger partial charge in [0.15, 0.2) is 0 Å². The summed E-state index contributed by atoms with van der Waals surface area (Å²) < 4.78 is 4.01. The number of nitrogens with two attached hydrogens (primary N) is 1. The molecule has 0 saturated heterocycles. The highest BCUT2D eigenvalue weighted by Gasteiger charge is 2.18. The molecule has 20 heavy (non-hydrogen) atoms. The molecule has 0 aliphatic rings. The fraction of sp³-hybridized carbons (Fsp3) is 0.333. The smallest absolute Gasteiger partial charge is 0.144 e. The molecule has 0 atom stereocenters. The van der Waals surface area contributed by atoms with Crippen LogP contribution in [0.3, 0.4) is 0 Å². The van der Waals surface area contributed by atoms with Crippen molar-refractivity contribution in [3.05, 3.63) is 35.2 Å². The van der Waals surface area contributed by atoms with E-state index in [1.807, 2.05) is 37.8 Å². The summed E-state index contributed by atoms with van der Waals surface area (Å²) >= 11 is 0. The molecule has 0 aliphatic heterocycles. The van der Waals surface area contributed by atoms with Crippen molar-refractivity contribution in [2.24, 2.45) is 19.8 Å². The molecule has 3 rings (SSSR count). The molecule has 1 aromatic carbocycles. The Morgan fingerprint density at radius 3 is 2.55 bits per heavy atom. The lowest BCUT2D eigenvalue weighted by atomic mass is 10.2. The van der Waals surface area contributed by atoms with Gasteiger partial charge in [-0.3, -0.25) is 4.68 Å². The van der Waals surface area contributed by atoms with Gasteiger partial charge < -0.3 is 10.3 Å². The van der Waals surface area contributed by atoms with Crippen LogP contribution in [0, 0.1) is 13.8 Å². The van der Waals surface area contributed by atoms with Gasteiger partial charge >= 0.3 is 0 Å². The highest BCUT2D eigenvalue weighted by atomic mass is 15.3. The Hall–Kier alpha value is -2.14. The quantitative estimate of drug-likeness (QED) is 0.774. The minimum atomic E-state index is 0.499. The third-order valence-corrected chi connectivity index (χ3v) is 3.95. The molecule has 0 aliphatic carbocycles. The zero-order valence-electron chi connectivity index (χ0n) is 12.3. The average Bonchev–Trinajstić information content (AvgIpc) is 2.88. The van der Waals surface area contributed by atoms with E-state index in [4.69, 9.17) is 10.7 Å². The van der Waals surface area contributed by atoms with Crippen LogP contribution >= 0.6 is 0 Å². The molecule has 5 heteroatoms. The minimum Gasteiger partial charge on any atom is -0.327 e. The highest BCUT2D eigenvalue weighted by molar-refractivity contribution is 5.84. The van der Waals surface area contributed by atoms with Gasteiger partial charge in [0.2, 0.25) is 0 Å². The predicted octanol–water partition coefficient (Wildman–Crippen LogP) is 2.05. The number of nitrogens with zero attached hydrogens (tertiary/aromatic N) is 4. The molecule has 0 unspecified atom stereocenters. The van der Waals surface area contributed by atoms with Crippen molar-refractivity contribution < 1.29 is 0 Å². The van der Waals surface area contributed by atoms with E-state index < -0.39 is 0 Å². The van der Waals surface area contributed by atoms with Gasteiger partial charge in [-0.25, -0.2) is 4.98 Å². The van der Waals surface area contributed by atoms with E-state index in [1.54, 1.807) is 0 Å². The van der Waals surface area contributed by atoms with Crippen molar-refractivity contribution in [1.82, 2.24) is 19.3 Å². The lowest BCUT2D eigenvalue weighted by Crippen LogP contribution is -1.97. The van der Waals surface area contributed by atoms with Crippen molar-refractivity contribution in [2.75, 3.05) is 0 Å². The van der Waals surface area contributed by atoms with Crippen molar-refractivity contribution in [1.29, 1.82) is 0 Å². The molecule has 5 nitrogen and oxygen atoms in total. The molecule has 0 bridgehead atoms. The SMILES string of the molecule is Cc1nn(C)c(C)c1-c1nc2c(CN)cccc2n1C. The van der Waals surface area contributed by atoms with Gasteiger partial charge in [0.05, 0.1) is 22.3 Å². The Kier molecular flexibility index (Phi) is 2.87. The maximum Gasteiger partial charge on any atom is 0.144 e. The molecule has 0 fully saturated rings. The van der Waals surface area contributed by atoms with Gasteiger partial charge in [0.1, 0.15) is 5.82 Å². The Morgan fingerprint density at radius 1 is 1.20 bits per heavy atom. The second kappa shape index (κ2) is 4.45. The molecule has 2 N–H and O–H groups in total. The summed E-state index contributed by atoms with van der Waals surface area (Å²) in [6, 6.07) is 6.13. The number of hydrogen-bond donors (Lipinski definition) is 1. The molecular weight excluding hydrogens is 250 g/mol. The number of aryl methyl sites for hydroxylation is 3. The number of fused-ring (bicyclic) bond motifs is 1. The number of para-hydroxylation sites is 1. The molecule has 0 amide bonds. The molecule has 0 radical (unpaired) electrons. The minimum absolute atomic E-state index is 0.499. The summed E-state index contributed by atoms with van der Waals surface area (Å²) in [6.07, 6.45) is 0. The van der Waals surface area contributed by atoms with Gasteiger partial charge in [0, 0.05) is 26.3 Å². The summed E-state index contributed by atoms with van der Waals surface area (Å²) in [6.45, 7) is 4.59. The summed E-state index contributed by atoms with van der Waals surface area (Å²) in [5.41, 5.74) is 12.2. The van der Waals surface area contributed by atoms with Crippen LogP contribution in [0.2, 0.25) is 0 Å². The summed E-state index contributed by atoms with van der Waals surface area (Å²) in [5, 5.41) is 4.48. The van der Waals surface area contributed by atoms with E-state index in [-0.39, 0.29) is 0 Å². The standard InChI is InChI=1S/C15H19N5/c1-9-13(10(2)20(4)18-9)15-17-14-11(8-16)6-5-7-12(14)19(15)3/h5-7H,8,16H2,1-4H3. The van der Waals surface area contributed by atoms with E-state index in [0.29, 0.717) is 6.54 Å². The fourth-order valence-corrected chi connectivity index (χ4v) is 2.76. The summed E-state index contributed by atoms with van der Waals surface area (Å²) in [7, 11) is 4.00. The maximum absolute atomic E-state index is 5.81. The van der Waals surface area contributed by atoms with Gasteiger partial charge in [-0.1, -0.05) is 12.1 Å². The third-order valence-electron chi connectivity index (χ3n) is 3.95. The Balaban J connectivity index is 2.35. The first-order chi connectivity index (χ1) is 9.54. The number of benzene rings is 1. The first kappa shape index (κ1) is 12.9. The molecule has 104 valence electrons. The Bertz CT molecular complexity index is 794. The van der Waals surface area contributed by atoms with Crippen LogP contribution in [0.4, 0.5) is 0 Å². The van der Waals surface area contributed by atoms with E-state index in [0.717, 1.165) is 39.4 Å². The first-order valence-electron chi connectivity index (χ1n) is 6.69. The van der Waals surface area contributed by atoms with E-state index in [2.05, 4.69) is 22.7 Å². The van der Waals surface area contributed by atoms with Gasteiger partial charge in [-0.15, -0.1) is 0 Å². The van der Waals surface area contributed by atoms with Crippen LogP contribution in [-0.2, 0) is 20.6 Å². The monoisotopic (exact) mass is 269 g/mol.